The van der Waals surface area contributed by atoms with Crippen LogP contribution in [0.25, 0.3) is 10.9 Å². The molecular formula is C22H24N4O2. The molecule has 0 saturated carbocycles. The number of rotatable bonds is 4. The van der Waals surface area contributed by atoms with Crippen molar-refractivity contribution < 1.29 is 9.59 Å². The van der Waals surface area contributed by atoms with E-state index in [4.69, 9.17) is 5.73 Å². The SMILES string of the molecule is NC(=O)NCc1ccc(C(=O)N2CCC(c3c[nH]c4ccccc34)CC2)cc1. The van der Waals surface area contributed by atoms with E-state index in [2.05, 4.69) is 34.7 Å². The topological polar surface area (TPSA) is 91.2 Å². The van der Waals surface area contributed by atoms with Crippen LogP contribution in [-0.4, -0.2) is 34.9 Å². The number of benzene rings is 2. The van der Waals surface area contributed by atoms with Gasteiger partial charge in [0.05, 0.1) is 0 Å². The van der Waals surface area contributed by atoms with Crippen LogP contribution in [0.5, 0.6) is 0 Å². The zero-order chi connectivity index (χ0) is 19.5. The van der Waals surface area contributed by atoms with Gasteiger partial charge in [0.25, 0.3) is 5.91 Å². The first-order valence-electron chi connectivity index (χ1n) is 9.59. The summed E-state index contributed by atoms with van der Waals surface area (Å²) in [6.45, 7) is 1.88. The molecule has 0 radical (unpaired) electrons. The number of carbonyl (C=O) groups excluding carboxylic acids is 2. The molecule has 1 aromatic heterocycles. The van der Waals surface area contributed by atoms with Gasteiger partial charge in [-0.05, 0) is 48.1 Å². The van der Waals surface area contributed by atoms with Crippen LogP contribution in [0, 0.1) is 0 Å². The number of H-pyrrole nitrogens is 1. The molecule has 1 aliphatic heterocycles. The molecule has 0 bridgehead atoms. The van der Waals surface area contributed by atoms with Gasteiger partial charge in [0.1, 0.15) is 0 Å². The molecular weight excluding hydrogens is 352 g/mol. The quantitative estimate of drug-likeness (QED) is 0.652. The Bertz CT molecular complexity index is 985. The molecule has 6 heteroatoms. The summed E-state index contributed by atoms with van der Waals surface area (Å²) in [6.07, 6.45) is 4.05. The van der Waals surface area contributed by atoms with E-state index in [0.29, 0.717) is 18.0 Å². The van der Waals surface area contributed by atoms with Crippen LogP contribution in [0.4, 0.5) is 4.79 Å². The average Bonchev–Trinajstić information content (AvgIpc) is 3.16. The minimum atomic E-state index is -0.557. The molecule has 3 amide bonds. The summed E-state index contributed by atoms with van der Waals surface area (Å²) in [7, 11) is 0. The summed E-state index contributed by atoms with van der Waals surface area (Å²) in [5, 5.41) is 3.83. The van der Waals surface area contributed by atoms with Crippen molar-refractivity contribution in [2.45, 2.75) is 25.3 Å². The molecule has 0 spiro atoms. The third-order valence-corrected chi connectivity index (χ3v) is 5.51. The molecule has 1 aliphatic rings. The highest BCUT2D eigenvalue weighted by molar-refractivity contribution is 5.94. The second-order valence-electron chi connectivity index (χ2n) is 7.27. The molecule has 4 N–H and O–H groups in total. The van der Waals surface area contributed by atoms with Crippen LogP contribution < -0.4 is 11.1 Å². The number of aromatic nitrogens is 1. The Morgan fingerprint density at radius 3 is 2.50 bits per heavy atom. The predicted molar refractivity (Wildman–Crippen MR) is 109 cm³/mol. The third-order valence-electron chi connectivity index (χ3n) is 5.51. The standard InChI is InChI=1S/C22H24N4O2/c23-22(28)25-13-15-5-7-17(8-6-15)21(27)26-11-9-16(10-12-26)19-14-24-20-4-2-1-3-18(19)20/h1-8,14,16,24H,9-13H2,(H3,23,25,28). The fraction of sp³-hybridized carbons (Fsp3) is 0.273. The fourth-order valence-electron chi connectivity index (χ4n) is 3.96. The Balaban J connectivity index is 1.38. The van der Waals surface area contributed by atoms with Crippen LogP contribution in [-0.2, 0) is 6.54 Å². The van der Waals surface area contributed by atoms with Crippen molar-refractivity contribution in [2.75, 3.05) is 13.1 Å². The van der Waals surface area contributed by atoms with Gasteiger partial charge in [0.15, 0.2) is 0 Å². The molecule has 0 atom stereocenters. The normalized spacial score (nSPS) is 14.9. The van der Waals surface area contributed by atoms with Gasteiger partial charge in [-0.1, -0.05) is 30.3 Å². The Labute approximate surface area is 163 Å². The highest BCUT2D eigenvalue weighted by atomic mass is 16.2. The third kappa shape index (κ3) is 3.71. The lowest BCUT2D eigenvalue weighted by atomic mass is 9.89. The molecule has 0 unspecified atom stereocenters. The average molecular weight is 376 g/mol. The van der Waals surface area contributed by atoms with Gasteiger partial charge in [0.2, 0.25) is 0 Å². The number of likely N-dealkylation sites (tertiary alicyclic amines) is 1. The van der Waals surface area contributed by atoms with Gasteiger partial charge in [-0.3, -0.25) is 4.79 Å². The molecule has 2 aromatic carbocycles. The van der Waals surface area contributed by atoms with Crippen molar-refractivity contribution in [3.05, 3.63) is 71.4 Å². The van der Waals surface area contributed by atoms with Gasteiger partial charge in [-0.25, -0.2) is 4.79 Å². The lowest BCUT2D eigenvalue weighted by molar-refractivity contribution is 0.0713. The minimum absolute atomic E-state index is 0.0618. The molecule has 0 aliphatic carbocycles. The summed E-state index contributed by atoms with van der Waals surface area (Å²) < 4.78 is 0. The molecule has 1 fully saturated rings. The highest BCUT2D eigenvalue weighted by Crippen LogP contribution is 2.33. The van der Waals surface area contributed by atoms with E-state index in [1.807, 2.05) is 35.2 Å². The lowest BCUT2D eigenvalue weighted by Gasteiger charge is -2.32. The lowest BCUT2D eigenvalue weighted by Crippen LogP contribution is -2.37. The Morgan fingerprint density at radius 1 is 1.07 bits per heavy atom. The van der Waals surface area contributed by atoms with Gasteiger partial charge < -0.3 is 20.9 Å². The molecule has 3 aromatic rings. The number of urea groups is 1. The highest BCUT2D eigenvalue weighted by Gasteiger charge is 2.26. The van der Waals surface area contributed by atoms with Crippen molar-refractivity contribution >= 4 is 22.8 Å². The summed E-state index contributed by atoms with van der Waals surface area (Å²) in [5.41, 5.74) is 9.19. The summed E-state index contributed by atoms with van der Waals surface area (Å²) in [5.74, 6) is 0.536. The second-order valence-corrected chi connectivity index (χ2v) is 7.27. The van der Waals surface area contributed by atoms with E-state index in [1.54, 1.807) is 0 Å². The largest absolute Gasteiger partial charge is 0.361 e. The Hall–Kier alpha value is -3.28. The van der Waals surface area contributed by atoms with Crippen molar-refractivity contribution in [1.82, 2.24) is 15.2 Å². The van der Waals surface area contributed by atoms with Gasteiger partial charge in [-0.15, -0.1) is 0 Å². The van der Waals surface area contributed by atoms with Crippen LogP contribution in [0.3, 0.4) is 0 Å². The number of piperidine rings is 1. The zero-order valence-corrected chi connectivity index (χ0v) is 15.7. The fourth-order valence-corrected chi connectivity index (χ4v) is 3.96. The Morgan fingerprint density at radius 2 is 1.79 bits per heavy atom. The number of nitrogens with zero attached hydrogens (tertiary/aromatic N) is 1. The van der Waals surface area contributed by atoms with Crippen LogP contribution in [0.1, 0.15) is 40.2 Å². The molecule has 28 heavy (non-hydrogen) atoms. The Kier molecular flexibility index (Phi) is 5.02. The van der Waals surface area contributed by atoms with Crippen LogP contribution in [0.15, 0.2) is 54.7 Å². The van der Waals surface area contributed by atoms with Crippen molar-refractivity contribution in [3.63, 3.8) is 0 Å². The van der Waals surface area contributed by atoms with Crippen molar-refractivity contribution in [3.8, 4) is 0 Å². The predicted octanol–water partition coefficient (Wildman–Crippen LogP) is 3.36. The number of primary amides is 1. The van der Waals surface area contributed by atoms with Gasteiger partial charge >= 0.3 is 6.03 Å². The number of amides is 3. The van der Waals surface area contributed by atoms with Gasteiger partial charge in [0, 0.05) is 42.3 Å². The number of aromatic amines is 1. The smallest absolute Gasteiger partial charge is 0.312 e. The number of para-hydroxylation sites is 1. The number of hydrogen-bond acceptors (Lipinski definition) is 2. The van der Waals surface area contributed by atoms with E-state index >= 15 is 0 Å². The number of carbonyl (C=O) groups is 2. The van der Waals surface area contributed by atoms with E-state index in [-0.39, 0.29) is 5.91 Å². The van der Waals surface area contributed by atoms with Crippen molar-refractivity contribution in [1.29, 1.82) is 0 Å². The molecule has 1 saturated heterocycles. The van der Waals surface area contributed by atoms with E-state index in [9.17, 15) is 9.59 Å². The van der Waals surface area contributed by atoms with Gasteiger partial charge in [-0.2, -0.15) is 0 Å². The monoisotopic (exact) mass is 376 g/mol. The molecule has 144 valence electrons. The maximum atomic E-state index is 12.8. The number of nitrogens with two attached hydrogens (primary N) is 1. The number of fused-ring (bicyclic) bond motifs is 1. The van der Waals surface area contributed by atoms with E-state index in [1.165, 1.54) is 16.5 Å². The van der Waals surface area contributed by atoms with Crippen LogP contribution >= 0.6 is 0 Å². The number of hydrogen-bond donors (Lipinski definition) is 3. The van der Waals surface area contributed by atoms with Crippen molar-refractivity contribution in [2.24, 2.45) is 5.73 Å². The summed E-state index contributed by atoms with van der Waals surface area (Å²) in [4.78, 5) is 28.9. The van der Waals surface area contributed by atoms with E-state index in [0.717, 1.165) is 31.5 Å². The summed E-state index contributed by atoms with van der Waals surface area (Å²) in [6, 6.07) is 15.1. The van der Waals surface area contributed by atoms with E-state index < -0.39 is 6.03 Å². The minimum Gasteiger partial charge on any atom is -0.361 e. The summed E-state index contributed by atoms with van der Waals surface area (Å²) >= 11 is 0. The maximum Gasteiger partial charge on any atom is 0.312 e. The van der Waals surface area contributed by atoms with Crippen LogP contribution in [0.2, 0.25) is 0 Å². The first kappa shape index (κ1) is 18.1. The first-order valence-corrected chi connectivity index (χ1v) is 9.59. The zero-order valence-electron chi connectivity index (χ0n) is 15.7. The first-order chi connectivity index (χ1) is 13.6. The maximum absolute atomic E-state index is 12.8. The molecule has 6 nitrogen and oxygen atoms in total. The molecule has 4 rings (SSSR count). The second kappa shape index (κ2) is 7.76. The number of nitrogens with one attached hydrogen (secondary N) is 2. The molecule has 2 heterocycles.